The molecular formula is C15H13NO3. The summed E-state index contributed by atoms with van der Waals surface area (Å²) in [5, 5.41) is 8.54. The molecule has 0 spiro atoms. The lowest BCUT2D eigenvalue weighted by Gasteiger charge is -2.05. The van der Waals surface area contributed by atoms with Crippen LogP contribution in [0.2, 0.25) is 0 Å². The van der Waals surface area contributed by atoms with Crippen molar-refractivity contribution in [3.8, 4) is 11.3 Å². The number of aliphatic carboxylic acids is 1. The first kappa shape index (κ1) is 13.0. The third kappa shape index (κ3) is 3.04. The molecule has 0 amide bonds. The molecule has 1 aromatic carbocycles. The van der Waals surface area contributed by atoms with Gasteiger partial charge >= 0.3 is 5.97 Å². The number of carbonyl (C=O) groups is 2. The maximum atomic E-state index is 11.1. The van der Waals surface area contributed by atoms with E-state index in [4.69, 9.17) is 5.11 Å². The van der Waals surface area contributed by atoms with E-state index in [-0.39, 0.29) is 6.42 Å². The summed E-state index contributed by atoms with van der Waals surface area (Å²) in [5.41, 5.74) is 3.55. The summed E-state index contributed by atoms with van der Waals surface area (Å²) in [7, 11) is 0. The van der Waals surface area contributed by atoms with Crippen molar-refractivity contribution in [2.75, 3.05) is 0 Å². The van der Waals surface area contributed by atoms with E-state index in [1.54, 1.807) is 18.3 Å². The monoisotopic (exact) mass is 255 g/mol. The van der Waals surface area contributed by atoms with Crippen LogP contribution < -0.4 is 0 Å². The molecule has 0 radical (unpaired) electrons. The van der Waals surface area contributed by atoms with Crippen molar-refractivity contribution in [1.82, 2.24) is 4.98 Å². The fourth-order valence-corrected chi connectivity index (χ4v) is 1.81. The van der Waals surface area contributed by atoms with Gasteiger partial charge in [0.2, 0.25) is 5.78 Å². The molecule has 0 unspecified atom stereocenters. The zero-order valence-electron chi connectivity index (χ0n) is 10.5. The van der Waals surface area contributed by atoms with Gasteiger partial charge in [0.25, 0.3) is 0 Å². The van der Waals surface area contributed by atoms with Crippen molar-refractivity contribution in [3.05, 3.63) is 53.7 Å². The molecule has 0 aliphatic rings. The molecule has 96 valence electrons. The molecule has 0 bridgehead atoms. The van der Waals surface area contributed by atoms with E-state index in [0.29, 0.717) is 5.56 Å². The average molecular weight is 255 g/mol. The minimum atomic E-state index is -1.41. The predicted molar refractivity (Wildman–Crippen MR) is 70.8 cm³/mol. The van der Waals surface area contributed by atoms with E-state index in [2.05, 4.69) is 4.98 Å². The van der Waals surface area contributed by atoms with Gasteiger partial charge in [0.15, 0.2) is 0 Å². The largest absolute Gasteiger partial charge is 0.475 e. The number of rotatable bonds is 4. The Balaban J connectivity index is 2.22. The maximum absolute atomic E-state index is 11.1. The molecule has 4 nitrogen and oxygen atoms in total. The summed E-state index contributed by atoms with van der Waals surface area (Å²) >= 11 is 0. The van der Waals surface area contributed by atoms with Gasteiger partial charge in [-0.15, -0.1) is 0 Å². The third-order valence-electron chi connectivity index (χ3n) is 2.85. The summed E-state index contributed by atoms with van der Waals surface area (Å²) in [6.45, 7) is 2.00. The lowest BCUT2D eigenvalue weighted by atomic mass is 10.0. The van der Waals surface area contributed by atoms with Gasteiger partial charge in [0, 0.05) is 18.2 Å². The molecule has 0 aliphatic carbocycles. The number of carboxylic acids is 1. The van der Waals surface area contributed by atoms with Crippen LogP contribution in [0.25, 0.3) is 11.3 Å². The van der Waals surface area contributed by atoms with Crippen molar-refractivity contribution >= 4 is 11.8 Å². The number of hydrogen-bond donors (Lipinski definition) is 1. The lowest BCUT2D eigenvalue weighted by molar-refractivity contribution is -0.148. The fourth-order valence-electron chi connectivity index (χ4n) is 1.81. The Morgan fingerprint density at radius 3 is 2.47 bits per heavy atom. The molecule has 0 atom stereocenters. The summed E-state index contributed by atoms with van der Waals surface area (Å²) < 4.78 is 0. The highest BCUT2D eigenvalue weighted by Gasteiger charge is 2.12. The van der Waals surface area contributed by atoms with Gasteiger partial charge in [-0.1, -0.05) is 30.3 Å². The molecule has 0 aliphatic heterocycles. The van der Waals surface area contributed by atoms with Gasteiger partial charge in [-0.2, -0.15) is 0 Å². The standard InChI is InChI=1S/C15H13NO3/c1-10-4-2-3-5-12(10)13-7-6-11(9-16-13)8-14(17)15(18)19/h2-7,9H,8H2,1H3,(H,18,19). The molecule has 1 aromatic heterocycles. The van der Waals surface area contributed by atoms with E-state index in [1.165, 1.54) is 0 Å². The number of aryl methyl sites for hydroxylation is 1. The second-order valence-electron chi connectivity index (χ2n) is 4.27. The molecule has 0 fully saturated rings. The Kier molecular flexibility index (Phi) is 3.71. The summed E-state index contributed by atoms with van der Waals surface area (Å²) in [6.07, 6.45) is 1.42. The zero-order valence-corrected chi connectivity index (χ0v) is 10.5. The van der Waals surface area contributed by atoms with E-state index >= 15 is 0 Å². The van der Waals surface area contributed by atoms with Gasteiger partial charge in [-0.25, -0.2) is 4.79 Å². The van der Waals surface area contributed by atoms with Crippen LogP contribution in [-0.4, -0.2) is 21.8 Å². The van der Waals surface area contributed by atoms with E-state index in [0.717, 1.165) is 16.8 Å². The number of Topliss-reactive ketones (excluding diaryl/α,β-unsaturated/α-hetero) is 1. The van der Waals surface area contributed by atoms with Crippen molar-refractivity contribution in [1.29, 1.82) is 0 Å². The predicted octanol–water partition coefficient (Wildman–Crippen LogP) is 2.25. The number of carbonyl (C=O) groups excluding carboxylic acids is 1. The van der Waals surface area contributed by atoms with Crippen LogP contribution in [0.4, 0.5) is 0 Å². The fraction of sp³-hybridized carbons (Fsp3) is 0.133. The SMILES string of the molecule is Cc1ccccc1-c1ccc(CC(=O)C(=O)O)cn1. The summed E-state index contributed by atoms with van der Waals surface area (Å²) in [5.74, 6) is -2.24. The Labute approximate surface area is 110 Å². The minimum Gasteiger partial charge on any atom is -0.475 e. The first-order valence-corrected chi connectivity index (χ1v) is 5.85. The third-order valence-corrected chi connectivity index (χ3v) is 2.85. The van der Waals surface area contributed by atoms with Gasteiger partial charge in [-0.3, -0.25) is 9.78 Å². The van der Waals surface area contributed by atoms with Crippen LogP contribution in [-0.2, 0) is 16.0 Å². The van der Waals surface area contributed by atoms with E-state index in [9.17, 15) is 9.59 Å². The Bertz CT molecular complexity index is 618. The maximum Gasteiger partial charge on any atom is 0.372 e. The molecular weight excluding hydrogens is 242 g/mol. The number of nitrogens with zero attached hydrogens (tertiary/aromatic N) is 1. The average Bonchev–Trinajstić information content (AvgIpc) is 2.40. The molecule has 0 saturated carbocycles. The number of benzene rings is 1. The molecule has 2 rings (SSSR count). The second-order valence-corrected chi connectivity index (χ2v) is 4.27. The number of hydrogen-bond acceptors (Lipinski definition) is 3. The van der Waals surface area contributed by atoms with Crippen LogP contribution >= 0.6 is 0 Å². The van der Waals surface area contributed by atoms with Crippen LogP contribution in [0.5, 0.6) is 0 Å². The number of pyridine rings is 1. The number of carboxylic acid groups (broad SMARTS) is 1. The van der Waals surface area contributed by atoms with Gasteiger partial charge in [0.1, 0.15) is 0 Å². The van der Waals surface area contributed by atoms with Crippen LogP contribution in [0, 0.1) is 6.92 Å². The van der Waals surface area contributed by atoms with Crippen molar-refractivity contribution in [2.45, 2.75) is 13.3 Å². The molecule has 4 heteroatoms. The smallest absolute Gasteiger partial charge is 0.372 e. The first-order chi connectivity index (χ1) is 9.08. The summed E-state index contributed by atoms with van der Waals surface area (Å²) in [6, 6.07) is 11.4. The van der Waals surface area contributed by atoms with Gasteiger partial charge < -0.3 is 5.11 Å². The second kappa shape index (κ2) is 5.44. The Hall–Kier alpha value is -2.49. The first-order valence-electron chi connectivity index (χ1n) is 5.85. The van der Waals surface area contributed by atoms with Crippen LogP contribution in [0.1, 0.15) is 11.1 Å². The van der Waals surface area contributed by atoms with E-state index in [1.807, 2.05) is 31.2 Å². The molecule has 0 saturated heterocycles. The van der Waals surface area contributed by atoms with Crippen molar-refractivity contribution < 1.29 is 14.7 Å². The van der Waals surface area contributed by atoms with Gasteiger partial charge in [-0.05, 0) is 24.1 Å². The Morgan fingerprint density at radius 1 is 1.16 bits per heavy atom. The lowest BCUT2D eigenvalue weighted by Crippen LogP contribution is -2.15. The number of ketones is 1. The minimum absolute atomic E-state index is 0.129. The van der Waals surface area contributed by atoms with Gasteiger partial charge in [0.05, 0.1) is 5.69 Å². The molecule has 1 N–H and O–H groups in total. The highest BCUT2D eigenvalue weighted by molar-refractivity contribution is 6.33. The number of aromatic nitrogens is 1. The topological polar surface area (TPSA) is 67.3 Å². The highest BCUT2D eigenvalue weighted by atomic mass is 16.4. The summed E-state index contributed by atoms with van der Waals surface area (Å²) in [4.78, 5) is 25.8. The normalized spacial score (nSPS) is 10.2. The van der Waals surface area contributed by atoms with Crippen molar-refractivity contribution in [3.63, 3.8) is 0 Å². The van der Waals surface area contributed by atoms with Crippen molar-refractivity contribution in [2.24, 2.45) is 0 Å². The Morgan fingerprint density at radius 2 is 1.89 bits per heavy atom. The van der Waals surface area contributed by atoms with Crippen LogP contribution in [0.15, 0.2) is 42.6 Å². The zero-order chi connectivity index (χ0) is 13.8. The molecule has 1 heterocycles. The molecule has 19 heavy (non-hydrogen) atoms. The molecule has 2 aromatic rings. The van der Waals surface area contributed by atoms with Crippen LogP contribution in [0.3, 0.4) is 0 Å². The van der Waals surface area contributed by atoms with E-state index < -0.39 is 11.8 Å². The quantitative estimate of drug-likeness (QED) is 0.851. The highest BCUT2D eigenvalue weighted by Crippen LogP contribution is 2.20.